The van der Waals surface area contributed by atoms with Gasteiger partial charge < -0.3 is 20.6 Å². The van der Waals surface area contributed by atoms with Crippen molar-refractivity contribution in [3.63, 3.8) is 0 Å². The van der Waals surface area contributed by atoms with Crippen molar-refractivity contribution in [2.24, 2.45) is 11.8 Å². The lowest BCUT2D eigenvalue weighted by molar-refractivity contribution is -0.142. The molecule has 3 atom stereocenters. The molecule has 0 aromatic heterocycles. The minimum atomic E-state index is -1.01. The van der Waals surface area contributed by atoms with Crippen LogP contribution in [-0.2, 0) is 9.59 Å². The first-order valence-electron chi connectivity index (χ1n) is 7.31. The maximum absolute atomic E-state index is 12.1. The van der Waals surface area contributed by atoms with E-state index in [1.807, 2.05) is 20.8 Å². The molecule has 0 radical (unpaired) electrons. The second kappa shape index (κ2) is 7.28. The van der Waals surface area contributed by atoms with Crippen LogP contribution in [0.2, 0.25) is 0 Å². The number of urea groups is 1. The Bertz CT molecular complexity index is 411. The minimum Gasteiger partial charge on any atom is -0.480 e. The first-order valence-corrected chi connectivity index (χ1v) is 7.31. The summed E-state index contributed by atoms with van der Waals surface area (Å²) in [6, 6.07) is -2.02. The van der Waals surface area contributed by atoms with Crippen molar-refractivity contribution in [3.8, 4) is 0 Å². The van der Waals surface area contributed by atoms with E-state index in [0.29, 0.717) is 25.4 Å². The molecule has 0 aromatic carbocycles. The highest BCUT2D eigenvalue weighted by Gasteiger charge is 2.40. The van der Waals surface area contributed by atoms with Crippen LogP contribution in [0, 0.1) is 11.8 Å². The third kappa shape index (κ3) is 4.61. The van der Waals surface area contributed by atoms with Crippen LogP contribution >= 0.6 is 0 Å². The van der Waals surface area contributed by atoms with Gasteiger partial charge in [-0.15, -0.1) is 0 Å². The lowest BCUT2D eigenvalue weighted by Crippen LogP contribution is -2.53. The molecule has 1 aliphatic heterocycles. The van der Waals surface area contributed by atoms with Crippen molar-refractivity contribution < 1.29 is 19.5 Å². The van der Waals surface area contributed by atoms with E-state index in [0.717, 1.165) is 0 Å². The van der Waals surface area contributed by atoms with Crippen molar-refractivity contribution in [1.82, 2.24) is 15.5 Å². The van der Waals surface area contributed by atoms with Crippen LogP contribution in [0.5, 0.6) is 0 Å². The number of aliphatic carboxylic acids is 1. The molecule has 21 heavy (non-hydrogen) atoms. The molecule has 0 spiro atoms. The van der Waals surface area contributed by atoms with Gasteiger partial charge in [-0.2, -0.15) is 0 Å². The summed E-state index contributed by atoms with van der Waals surface area (Å²) < 4.78 is 0. The Morgan fingerprint density at radius 1 is 1.29 bits per heavy atom. The fourth-order valence-corrected chi connectivity index (χ4v) is 2.34. The standard InChI is InChI=1S/C14H25N3O4/c1-8(2)7-15-12(18)10(4)16-14(21)17-6-5-9(3)11(17)13(19)20/h8-11H,5-7H2,1-4H3,(H,15,18)(H,16,21)(H,19,20). The molecule has 1 saturated heterocycles. The van der Waals surface area contributed by atoms with Crippen LogP contribution < -0.4 is 10.6 Å². The third-order valence-corrected chi connectivity index (χ3v) is 3.63. The maximum Gasteiger partial charge on any atom is 0.326 e. The lowest BCUT2D eigenvalue weighted by Gasteiger charge is -2.25. The number of hydrogen-bond acceptors (Lipinski definition) is 3. The van der Waals surface area contributed by atoms with E-state index in [-0.39, 0.29) is 11.8 Å². The van der Waals surface area contributed by atoms with E-state index < -0.39 is 24.1 Å². The van der Waals surface area contributed by atoms with Crippen LogP contribution in [0.15, 0.2) is 0 Å². The SMILES string of the molecule is CC(C)CNC(=O)C(C)NC(=O)N1CCC(C)C1C(=O)O. The molecule has 7 nitrogen and oxygen atoms in total. The van der Waals surface area contributed by atoms with Gasteiger partial charge >= 0.3 is 12.0 Å². The summed E-state index contributed by atoms with van der Waals surface area (Å²) in [7, 11) is 0. The number of nitrogens with zero attached hydrogens (tertiary/aromatic N) is 1. The normalized spacial score (nSPS) is 23.0. The molecule has 0 aromatic rings. The van der Waals surface area contributed by atoms with Crippen LogP contribution in [0.25, 0.3) is 0 Å². The Kier molecular flexibility index (Phi) is 5.99. The number of hydrogen-bond donors (Lipinski definition) is 3. The van der Waals surface area contributed by atoms with Crippen LogP contribution in [0.3, 0.4) is 0 Å². The second-order valence-electron chi connectivity index (χ2n) is 6.05. The zero-order valence-electron chi connectivity index (χ0n) is 13.0. The van der Waals surface area contributed by atoms with Crippen molar-refractivity contribution in [3.05, 3.63) is 0 Å². The highest BCUT2D eigenvalue weighted by atomic mass is 16.4. The predicted molar refractivity (Wildman–Crippen MR) is 77.8 cm³/mol. The molecule has 0 aliphatic carbocycles. The number of nitrogens with one attached hydrogen (secondary N) is 2. The molecule has 0 bridgehead atoms. The summed E-state index contributed by atoms with van der Waals surface area (Å²) in [6.07, 6.45) is 0.651. The van der Waals surface area contributed by atoms with Gasteiger partial charge in [0.15, 0.2) is 0 Å². The van der Waals surface area contributed by atoms with Crippen LogP contribution in [0.4, 0.5) is 4.79 Å². The van der Waals surface area contributed by atoms with Crippen molar-refractivity contribution in [1.29, 1.82) is 0 Å². The van der Waals surface area contributed by atoms with E-state index in [1.54, 1.807) is 6.92 Å². The fraction of sp³-hybridized carbons (Fsp3) is 0.786. The number of carbonyl (C=O) groups excluding carboxylic acids is 2. The van der Waals surface area contributed by atoms with Gasteiger partial charge in [0.1, 0.15) is 12.1 Å². The molecule has 1 aliphatic rings. The van der Waals surface area contributed by atoms with E-state index in [1.165, 1.54) is 4.90 Å². The average Bonchev–Trinajstić information content (AvgIpc) is 2.77. The largest absolute Gasteiger partial charge is 0.480 e. The summed E-state index contributed by atoms with van der Waals surface area (Å²) in [4.78, 5) is 36.5. The Hall–Kier alpha value is -1.79. The molecule has 0 saturated carbocycles. The first kappa shape index (κ1) is 17.3. The fourth-order valence-electron chi connectivity index (χ4n) is 2.34. The van der Waals surface area contributed by atoms with E-state index in [4.69, 9.17) is 0 Å². The van der Waals surface area contributed by atoms with Gasteiger partial charge in [0.05, 0.1) is 0 Å². The Morgan fingerprint density at radius 3 is 2.43 bits per heavy atom. The first-order chi connectivity index (χ1) is 9.73. The van der Waals surface area contributed by atoms with Crippen molar-refractivity contribution >= 4 is 17.9 Å². The highest BCUT2D eigenvalue weighted by molar-refractivity contribution is 5.89. The number of carbonyl (C=O) groups is 3. The lowest BCUT2D eigenvalue weighted by atomic mass is 10.0. The van der Waals surface area contributed by atoms with E-state index in [9.17, 15) is 19.5 Å². The summed E-state index contributed by atoms with van der Waals surface area (Å²) >= 11 is 0. The van der Waals surface area contributed by atoms with Crippen LogP contribution in [-0.4, -0.2) is 53.1 Å². The molecule has 3 unspecified atom stereocenters. The van der Waals surface area contributed by atoms with Gasteiger partial charge in [0, 0.05) is 13.1 Å². The summed E-state index contributed by atoms with van der Waals surface area (Å²) in [5.74, 6) is -1.03. The van der Waals surface area contributed by atoms with E-state index >= 15 is 0 Å². The van der Waals surface area contributed by atoms with Gasteiger partial charge in [-0.3, -0.25) is 4.79 Å². The average molecular weight is 299 g/mol. The monoisotopic (exact) mass is 299 g/mol. The second-order valence-corrected chi connectivity index (χ2v) is 6.05. The van der Waals surface area contributed by atoms with E-state index in [2.05, 4.69) is 10.6 Å². The highest BCUT2D eigenvalue weighted by Crippen LogP contribution is 2.24. The summed E-state index contributed by atoms with van der Waals surface area (Å²) in [5, 5.41) is 14.5. The Balaban J connectivity index is 2.56. The summed E-state index contributed by atoms with van der Waals surface area (Å²) in [5.41, 5.74) is 0. The number of carboxylic acid groups (broad SMARTS) is 1. The third-order valence-electron chi connectivity index (χ3n) is 3.63. The van der Waals surface area contributed by atoms with Crippen LogP contribution in [0.1, 0.15) is 34.1 Å². The Labute approximate surface area is 125 Å². The molecule has 1 fully saturated rings. The molecular formula is C14H25N3O4. The molecule has 1 rings (SSSR count). The molecule has 3 N–H and O–H groups in total. The number of amides is 3. The smallest absolute Gasteiger partial charge is 0.326 e. The topological polar surface area (TPSA) is 98.7 Å². The number of rotatable bonds is 5. The molecule has 1 heterocycles. The zero-order chi connectivity index (χ0) is 16.2. The van der Waals surface area contributed by atoms with Gasteiger partial charge in [-0.1, -0.05) is 20.8 Å². The molecular weight excluding hydrogens is 274 g/mol. The Morgan fingerprint density at radius 2 is 1.90 bits per heavy atom. The van der Waals surface area contributed by atoms with Gasteiger partial charge in [-0.25, -0.2) is 9.59 Å². The van der Waals surface area contributed by atoms with Gasteiger partial charge in [0.2, 0.25) is 5.91 Å². The summed E-state index contributed by atoms with van der Waals surface area (Å²) in [6.45, 7) is 8.29. The number of carboxylic acids is 1. The molecule has 7 heteroatoms. The number of likely N-dealkylation sites (tertiary alicyclic amines) is 1. The maximum atomic E-state index is 12.1. The van der Waals surface area contributed by atoms with Crippen molar-refractivity contribution in [2.45, 2.75) is 46.2 Å². The minimum absolute atomic E-state index is 0.0849. The van der Waals surface area contributed by atoms with Gasteiger partial charge in [0.25, 0.3) is 0 Å². The predicted octanol–water partition coefficient (Wildman–Crippen LogP) is 0.652. The van der Waals surface area contributed by atoms with Crippen molar-refractivity contribution in [2.75, 3.05) is 13.1 Å². The molecule has 120 valence electrons. The van der Waals surface area contributed by atoms with Gasteiger partial charge in [-0.05, 0) is 25.2 Å². The quantitative estimate of drug-likeness (QED) is 0.694. The zero-order valence-corrected chi connectivity index (χ0v) is 13.0. The molecule has 3 amide bonds.